The van der Waals surface area contributed by atoms with Gasteiger partial charge in [-0.05, 0) is 47.3 Å². The van der Waals surface area contributed by atoms with E-state index in [-0.39, 0.29) is 6.71 Å². The molecule has 2 aliphatic rings. The van der Waals surface area contributed by atoms with Crippen LogP contribution in [0.25, 0.3) is 21.9 Å². The van der Waals surface area contributed by atoms with Gasteiger partial charge in [0.2, 0.25) is 0 Å². The molecule has 28 heavy (non-hydrogen) atoms. The Bertz CT molecular complexity index is 1420. The normalized spacial score (nSPS) is 13.5. The van der Waals surface area contributed by atoms with E-state index in [2.05, 4.69) is 24.3 Å². The average Bonchev–Trinajstić information content (AvgIpc) is 3.12. The van der Waals surface area contributed by atoms with E-state index in [1.54, 1.807) is 0 Å². The van der Waals surface area contributed by atoms with Gasteiger partial charge < -0.3 is 13.9 Å². The minimum Gasteiger partial charge on any atom is -0.458 e. The van der Waals surface area contributed by atoms with Gasteiger partial charge in [-0.25, -0.2) is 0 Å². The predicted octanol–water partition coefficient (Wildman–Crippen LogP) is 4.31. The second-order valence-electron chi connectivity index (χ2n) is 7.29. The Morgan fingerprint density at radius 3 is 2.18 bits per heavy atom. The predicted molar refractivity (Wildman–Crippen MR) is 111 cm³/mol. The summed E-state index contributed by atoms with van der Waals surface area (Å²) < 4.78 is 18.7. The van der Waals surface area contributed by atoms with Crippen molar-refractivity contribution >= 4 is 45.0 Å². The number of rotatable bonds is 0. The molecule has 4 aromatic carbocycles. The van der Waals surface area contributed by atoms with Gasteiger partial charge >= 0.3 is 0 Å². The number of fused-ring (bicyclic) bond motifs is 8. The zero-order chi connectivity index (χ0) is 18.2. The maximum absolute atomic E-state index is 6.34. The maximum Gasteiger partial charge on any atom is 0.261 e. The van der Waals surface area contributed by atoms with Gasteiger partial charge in [0.1, 0.15) is 34.2 Å². The number of benzene rings is 4. The van der Waals surface area contributed by atoms with Crippen LogP contribution < -0.4 is 25.9 Å². The van der Waals surface area contributed by atoms with E-state index in [1.165, 1.54) is 0 Å². The standard InChI is InChI=1S/C24H13BO3/c1-3-8-16-14(6-1)22-18(26-16)12-13-21-24(22)25-15-7-2-4-9-17(15)27-19-10-5-11-20(28-21)23(19)25/h1-13H. The second kappa shape index (κ2) is 4.99. The number of para-hydroxylation sites is 2. The molecule has 0 aliphatic carbocycles. The van der Waals surface area contributed by atoms with E-state index in [9.17, 15) is 0 Å². The van der Waals surface area contributed by atoms with Gasteiger partial charge in [0.05, 0.1) is 0 Å². The summed E-state index contributed by atoms with van der Waals surface area (Å²) in [6.07, 6.45) is 0. The molecule has 0 saturated heterocycles. The zero-order valence-corrected chi connectivity index (χ0v) is 14.8. The van der Waals surface area contributed by atoms with Crippen molar-refractivity contribution in [1.29, 1.82) is 0 Å². The van der Waals surface area contributed by atoms with Crippen molar-refractivity contribution in [2.75, 3.05) is 0 Å². The maximum atomic E-state index is 6.34. The van der Waals surface area contributed by atoms with E-state index in [4.69, 9.17) is 13.9 Å². The van der Waals surface area contributed by atoms with Crippen molar-refractivity contribution in [2.24, 2.45) is 0 Å². The third kappa shape index (κ3) is 1.70. The number of ether oxygens (including phenoxy) is 2. The molecule has 0 spiro atoms. The quantitative estimate of drug-likeness (QED) is 0.378. The SMILES string of the molecule is c1ccc2c(c1)Oc1cccc3c1B2c1c(ccc2oc4ccccc4c12)O3. The minimum absolute atomic E-state index is 0.0459. The third-order valence-electron chi connectivity index (χ3n) is 5.82. The Morgan fingerprint density at radius 2 is 1.25 bits per heavy atom. The molecule has 0 amide bonds. The third-order valence-corrected chi connectivity index (χ3v) is 5.82. The highest BCUT2D eigenvalue weighted by Gasteiger charge is 2.41. The molecule has 0 unspecified atom stereocenters. The van der Waals surface area contributed by atoms with Crippen molar-refractivity contribution in [3.8, 4) is 23.0 Å². The zero-order valence-electron chi connectivity index (χ0n) is 14.8. The monoisotopic (exact) mass is 360 g/mol. The van der Waals surface area contributed by atoms with E-state index in [1.807, 2.05) is 54.6 Å². The van der Waals surface area contributed by atoms with Crippen molar-refractivity contribution in [3.63, 3.8) is 0 Å². The van der Waals surface area contributed by atoms with Crippen molar-refractivity contribution < 1.29 is 13.9 Å². The molecule has 0 fully saturated rings. The molecule has 0 bridgehead atoms. The fourth-order valence-electron chi connectivity index (χ4n) is 4.69. The molecule has 0 saturated carbocycles. The molecular formula is C24H13BO3. The fourth-order valence-corrected chi connectivity index (χ4v) is 4.69. The Hall–Kier alpha value is -3.66. The summed E-state index contributed by atoms with van der Waals surface area (Å²) in [6.45, 7) is 0.0459. The van der Waals surface area contributed by atoms with Crippen LogP contribution in [-0.4, -0.2) is 6.71 Å². The summed E-state index contributed by atoms with van der Waals surface area (Å²) in [5.41, 5.74) is 5.17. The molecule has 2 aliphatic heterocycles. The lowest BCUT2D eigenvalue weighted by Gasteiger charge is -2.33. The molecular weight excluding hydrogens is 347 g/mol. The molecule has 5 aromatic rings. The smallest absolute Gasteiger partial charge is 0.261 e. The van der Waals surface area contributed by atoms with Crippen LogP contribution in [0.3, 0.4) is 0 Å². The molecule has 0 N–H and O–H groups in total. The van der Waals surface area contributed by atoms with Crippen LogP contribution in [0.4, 0.5) is 0 Å². The summed E-state index contributed by atoms with van der Waals surface area (Å²) in [5, 5.41) is 2.23. The Balaban J connectivity index is 1.67. The lowest BCUT2D eigenvalue weighted by molar-refractivity contribution is 0.465. The summed E-state index contributed by atoms with van der Waals surface area (Å²) in [5.74, 6) is 3.49. The molecule has 7 rings (SSSR count). The molecule has 0 radical (unpaired) electrons. The van der Waals surface area contributed by atoms with Crippen LogP contribution in [0, 0.1) is 0 Å². The molecule has 3 nitrogen and oxygen atoms in total. The Morgan fingerprint density at radius 1 is 0.536 bits per heavy atom. The van der Waals surface area contributed by atoms with Crippen LogP contribution in [-0.2, 0) is 0 Å². The highest BCUT2D eigenvalue weighted by molar-refractivity contribution is 6.99. The number of hydrogen-bond donors (Lipinski definition) is 0. The van der Waals surface area contributed by atoms with Crippen LogP contribution in [0.1, 0.15) is 0 Å². The van der Waals surface area contributed by atoms with Gasteiger partial charge in [-0.15, -0.1) is 0 Å². The van der Waals surface area contributed by atoms with Crippen LogP contribution in [0.2, 0.25) is 0 Å². The van der Waals surface area contributed by atoms with Gasteiger partial charge in [-0.1, -0.05) is 42.5 Å². The van der Waals surface area contributed by atoms with E-state index in [0.29, 0.717) is 0 Å². The largest absolute Gasteiger partial charge is 0.458 e. The fraction of sp³-hybridized carbons (Fsp3) is 0. The number of hydrogen-bond acceptors (Lipinski definition) is 3. The van der Waals surface area contributed by atoms with Gasteiger partial charge in [0.15, 0.2) is 0 Å². The lowest BCUT2D eigenvalue weighted by Crippen LogP contribution is -2.57. The van der Waals surface area contributed by atoms with Crippen LogP contribution >= 0.6 is 0 Å². The van der Waals surface area contributed by atoms with Crippen LogP contribution in [0.5, 0.6) is 23.0 Å². The molecule has 1 aromatic heterocycles. The lowest BCUT2D eigenvalue weighted by atomic mass is 9.34. The van der Waals surface area contributed by atoms with Crippen molar-refractivity contribution in [2.45, 2.75) is 0 Å². The molecule has 3 heterocycles. The van der Waals surface area contributed by atoms with Gasteiger partial charge in [-0.3, -0.25) is 0 Å². The van der Waals surface area contributed by atoms with E-state index >= 15 is 0 Å². The van der Waals surface area contributed by atoms with E-state index < -0.39 is 0 Å². The summed E-state index contributed by atoms with van der Waals surface area (Å²) in [7, 11) is 0. The van der Waals surface area contributed by atoms with E-state index in [0.717, 1.165) is 61.3 Å². The van der Waals surface area contributed by atoms with Gasteiger partial charge in [0.25, 0.3) is 6.71 Å². The highest BCUT2D eigenvalue weighted by Crippen LogP contribution is 2.38. The molecule has 4 heteroatoms. The topological polar surface area (TPSA) is 31.6 Å². The first-order chi connectivity index (χ1) is 13.9. The van der Waals surface area contributed by atoms with Gasteiger partial charge in [-0.2, -0.15) is 0 Å². The number of furan rings is 1. The highest BCUT2D eigenvalue weighted by atomic mass is 16.5. The molecule has 0 atom stereocenters. The Kier molecular flexibility index (Phi) is 2.57. The second-order valence-corrected chi connectivity index (χ2v) is 7.29. The summed E-state index contributed by atoms with van der Waals surface area (Å²) >= 11 is 0. The Labute approximate surface area is 161 Å². The summed E-state index contributed by atoms with van der Waals surface area (Å²) in [4.78, 5) is 0. The average molecular weight is 360 g/mol. The first-order valence-corrected chi connectivity index (χ1v) is 9.40. The first kappa shape index (κ1) is 14.4. The summed E-state index contributed by atoms with van der Waals surface area (Å²) in [6, 6.07) is 26.5. The van der Waals surface area contributed by atoms with Crippen LogP contribution in [0.15, 0.2) is 83.3 Å². The minimum atomic E-state index is 0.0459. The van der Waals surface area contributed by atoms with Crippen molar-refractivity contribution in [1.82, 2.24) is 0 Å². The first-order valence-electron chi connectivity index (χ1n) is 9.40. The molecule has 130 valence electrons. The van der Waals surface area contributed by atoms with Gasteiger partial charge in [0, 0.05) is 16.2 Å². The van der Waals surface area contributed by atoms with Crippen molar-refractivity contribution in [3.05, 3.63) is 78.9 Å².